The molecule has 184 valence electrons. The van der Waals surface area contributed by atoms with Gasteiger partial charge in [0.1, 0.15) is 12.1 Å². The van der Waals surface area contributed by atoms with Crippen molar-refractivity contribution >= 4 is 29.8 Å². The lowest BCUT2D eigenvalue weighted by molar-refractivity contribution is -0.140. The third-order valence-electron chi connectivity index (χ3n) is 4.85. The summed E-state index contributed by atoms with van der Waals surface area (Å²) in [5, 5.41) is 34.0. The maximum absolute atomic E-state index is 11.9. The Morgan fingerprint density at radius 2 is 1.25 bits per heavy atom. The minimum Gasteiger partial charge on any atom is -0.481 e. The van der Waals surface area contributed by atoms with Crippen LogP contribution in [0.5, 0.6) is 0 Å². The van der Waals surface area contributed by atoms with Crippen molar-refractivity contribution in [3.05, 3.63) is 0 Å². The zero-order valence-corrected chi connectivity index (χ0v) is 18.7. The van der Waals surface area contributed by atoms with Crippen LogP contribution in [0.4, 0.5) is 4.79 Å². The number of carboxylic acids is 3. The molecule has 0 fully saturated rings. The molecule has 0 aromatic carbocycles. The van der Waals surface area contributed by atoms with Gasteiger partial charge in [-0.3, -0.25) is 9.59 Å². The molecule has 11 heteroatoms. The number of rotatable bonds is 19. The van der Waals surface area contributed by atoms with Crippen LogP contribution in [0.15, 0.2) is 0 Å². The van der Waals surface area contributed by atoms with Crippen LogP contribution in [0, 0.1) is 0 Å². The van der Waals surface area contributed by atoms with E-state index in [-0.39, 0.29) is 18.7 Å². The second-order valence-corrected chi connectivity index (χ2v) is 7.70. The first-order valence-corrected chi connectivity index (χ1v) is 11.2. The van der Waals surface area contributed by atoms with Gasteiger partial charge in [0.2, 0.25) is 5.91 Å². The number of carboxylic acid groups (broad SMARTS) is 3. The molecule has 6 N–H and O–H groups in total. The van der Waals surface area contributed by atoms with Gasteiger partial charge in [0.25, 0.3) is 0 Å². The lowest BCUT2D eigenvalue weighted by Crippen LogP contribution is -2.51. The predicted molar refractivity (Wildman–Crippen MR) is 116 cm³/mol. The first-order chi connectivity index (χ1) is 15.2. The Kier molecular flexibility index (Phi) is 16.2. The molecule has 0 rings (SSSR count). The molecular formula is C21H37N3O8. The van der Waals surface area contributed by atoms with E-state index >= 15 is 0 Å². The molecule has 0 bridgehead atoms. The Hall–Kier alpha value is -2.85. The van der Waals surface area contributed by atoms with E-state index in [0.29, 0.717) is 25.8 Å². The normalized spacial score (nSPS) is 12.4. The fourth-order valence-corrected chi connectivity index (χ4v) is 3.00. The number of carbonyl (C=O) groups is 5. The summed E-state index contributed by atoms with van der Waals surface area (Å²) in [6, 6.07) is -3.67. The van der Waals surface area contributed by atoms with Gasteiger partial charge < -0.3 is 31.3 Å². The van der Waals surface area contributed by atoms with Crippen LogP contribution in [0.2, 0.25) is 0 Å². The van der Waals surface area contributed by atoms with Crippen LogP contribution in [0.25, 0.3) is 0 Å². The monoisotopic (exact) mass is 459 g/mol. The Morgan fingerprint density at radius 1 is 0.688 bits per heavy atom. The maximum Gasteiger partial charge on any atom is 0.326 e. The molecule has 0 radical (unpaired) electrons. The summed E-state index contributed by atoms with van der Waals surface area (Å²) in [5.41, 5.74) is 0. The molecule has 0 saturated heterocycles. The highest BCUT2D eigenvalue weighted by molar-refractivity contribution is 5.86. The van der Waals surface area contributed by atoms with Crippen LogP contribution in [0.3, 0.4) is 0 Å². The molecule has 0 unspecified atom stereocenters. The third kappa shape index (κ3) is 15.9. The molecule has 0 aliphatic rings. The van der Waals surface area contributed by atoms with E-state index in [9.17, 15) is 29.1 Å². The largest absolute Gasteiger partial charge is 0.481 e. The van der Waals surface area contributed by atoms with Gasteiger partial charge in [-0.15, -0.1) is 0 Å². The number of hydrogen-bond acceptors (Lipinski definition) is 5. The summed E-state index contributed by atoms with van der Waals surface area (Å²) >= 11 is 0. The van der Waals surface area contributed by atoms with E-state index in [0.717, 1.165) is 19.3 Å². The molecule has 0 saturated carbocycles. The summed E-state index contributed by atoms with van der Waals surface area (Å²) in [6.45, 7) is 2.56. The fraction of sp³-hybridized carbons (Fsp3) is 0.762. The average Bonchev–Trinajstić information content (AvgIpc) is 2.71. The van der Waals surface area contributed by atoms with Gasteiger partial charge in [0, 0.05) is 19.4 Å². The highest BCUT2D eigenvalue weighted by Gasteiger charge is 2.24. The van der Waals surface area contributed by atoms with Crippen molar-refractivity contribution in [1.82, 2.24) is 16.0 Å². The number of aliphatic carboxylic acids is 3. The van der Waals surface area contributed by atoms with Crippen LogP contribution in [0.1, 0.15) is 84.0 Å². The molecule has 0 aliphatic carbocycles. The zero-order chi connectivity index (χ0) is 24.4. The van der Waals surface area contributed by atoms with Gasteiger partial charge in [-0.1, -0.05) is 39.0 Å². The molecule has 3 amide bonds. The summed E-state index contributed by atoms with van der Waals surface area (Å²) < 4.78 is 0. The van der Waals surface area contributed by atoms with Gasteiger partial charge >= 0.3 is 23.9 Å². The van der Waals surface area contributed by atoms with E-state index in [1.165, 1.54) is 19.3 Å². The molecule has 32 heavy (non-hydrogen) atoms. The van der Waals surface area contributed by atoms with Crippen LogP contribution in [-0.2, 0) is 19.2 Å². The van der Waals surface area contributed by atoms with E-state index < -0.39 is 42.4 Å². The van der Waals surface area contributed by atoms with E-state index in [1.807, 2.05) is 0 Å². The van der Waals surface area contributed by atoms with Crippen LogP contribution in [-0.4, -0.2) is 63.8 Å². The molecule has 0 heterocycles. The number of hydrogen-bond donors (Lipinski definition) is 6. The second-order valence-electron chi connectivity index (χ2n) is 7.70. The minimum absolute atomic E-state index is 0.0335. The van der Waals surface area contributed by atoms with Crippen molar-refractivity contribution < 1.29 is 39.3 Å². The molecule has 0 aliphatic heterocycles. The second kappa shape index (κ2) is 17.8. The standard InChI is InChI=1S/C21H37N3O8/c1-2-3-4-5-6-7-11-17(25)22-14-9-8-10-15(19(28)29)23-21(32)24-16(20(30)31)12-13-18(26)27/h15-16H,2-14H2,1H3,(H,22,25)(H,26,27)(H,28,29)(H,30,31)(H2,23,24,32)/t15-,16-/m0/s1. The summed E-state index contributed by atoms with van der Waals surface area (Å²) in [7, 11) is 0. The summed E-state index contributed by atoms with van der Waals surface area (Å²) in [6.07, 6.45) is 7.34. The van der Waals surface area contributed by atoms with E-state index in [1.54, 1.807) is 0 Å². The highest BCUT2D eigenvalue weighted by atomic mass is 16.4. The summed E-state index contributed by atoms with van der Waals surface area (Å²) in [5.74, 6) is -3.93. The lowest BCUT2D eigenvalue weighted by atomic mass is 10.1. The van der Waals surface area contributed by atoms with Gasteiger partial charge in [0.15, 0.2) is 0 Å². The van der Waals surface area contributed by atoms with Crippen molar-refractivity contribution in [2.45, 2.75) is 96.1 Å². The molecule has 11 nitrogen and oxygen atoms in total. The van der Waals surface area contributed by atoms with Gasteiger partial charge in [-0.2, -0.15) is 0 Å². The number of amides is 3. The van der Waals surface area contributed by atoms with Crippen molar-refractivity contribution in [2.24, 2.45) is 0 Å². The smallest absolute Gasteiger partial charge is 0.326 e. The van der Waals surface area contributed by atoms with Gasteiger partial charge in [0.05, 0.1) is 0 Å². The minimum atomic E-state index is -1.44. The van der Waals surface area contributed by atoms with Crippen molar-refractivity contribution in [2.75, 3.05) is 6.54 Å². The number of unbranched alkanes of at least 4 members (excludes halogenated alkanes) is 6. The third-order valence-corrected chi connectivity index (χ3v) is 4.85. The van der Waals surface area contributed by atoms with E-state index in [4.69, 9.17) is 10.2 Å². The number of carbonyl (C=O) groups excluding carboxylic acids is 2. The van der Waals surface area contributed by atoms with Crippen LogP contribution < -0.4 is 16.0 Å². The topological polar surface area (TPSA) is 182 Å². The maximum atomic E-state index is 11.9. The molecule has 0 aromatic heterocycles. The molecule has 0 aromatic rings. The van der Waals surface area contributed by atoms with Crippen molar-refractivity contribution in [1.29, 1.82) is 0 Å². The molecule has 2 atom stereocenters. The predicted octanol–water partition coefficient (Wildman–Crippen LogP) is 2.09. The number of urea groups is 1. The quantitative estimate of drug-likeness (QED) is 0.159. The fourth-order valence-electron chi connectivity index (χ4n) is 3.00. The Balaban J connectivity index is 4.14. The van der Waals surface area contributed by atoms with Gasteiger partial charge in [-0.05, 0) is 32.1 Å². The first-order valence-electron chi connectivity index (χ1n) is 11.2. The Labute approximate surface area is 188 Å². The Morgan fingerprint density at radius 3 is 1.81 bits per heavy atom. The van der Waals surface area contributed by atoms with E-state index in [2.05, 4.69) is 22.9 Å². The molecular weight excluding hydrogens is 422 g/mol. The number of nitrogens with one attached hydrogen (secondary N) is 3. The summed E-state index contributed by atoms with van der Waals surface area (Å²) in [4.78, 5) is 56.7. The van der Waals surface area contributed by atoms with Crippen molar-refractivity contribution in [3.63, 3.8) is 0 Å². The Bertz CT molecular complexity index is 612. The highest BCUT2D eigenvalue weighted by Crippen LogP contribution is 2.07. The van der Waals surface area contributed by atoms with Crippen molar-refractivity contribution in [3.8, 4) is 0 Å². The van der Waals surface area contributed by atoms with Crippen LogP contribution >= 0.6 is 0 Å². The molecule has 0 spiro atoms. The SMILES string of the molecule is CCCCCCCCC(=O)NCCCC[C@H](NC(=O)N[C@@H](CCC(=O)O)C(=O)O)C(=O)O. The van der Waals surface area contributed by atoms with Gasteiger partial charge in [-0.25, -0.2) is 14.4 Å². The average molecular weight is 460 g/mol. The lowest BCUT2D eigenvalue weighted by Gasteiger charge is -2.18. The zero-order valence-electron chi connectivity index (χ0n) is 18.7. The first kappa shape index (κ1) is 29.1.